The van der Waals surface area contributed by atoms with Crippen LogP contribution in [-0.4, -0.2) is 0 Å². The highest BCUT2D eigenvalue weighted by atomic mass is 79.9. The van der Waals surface area contributed by atoms with Gasteiger partial charge in [-0.2, -0.15) is 0 Å². The summed E-state index contributed by atoms with van der Waals surface area (Å²) in [5.41, 5.74) is 5.99. The molecule has 12 heavy (non-hydrogen) atoms. The Labute approximate surface area is 93.6 Å². The molecule has 0 saturated carbocycles. The van der Waals surface area contributed by atoms with Crippen LogP contribution in [0.3, 0.4) is 0 Å². The second kappa shape index (κ2) is 4.22. The van der Waals surface area contributed by atoms with Gasteiger partial charge in [-0.3, -0.25) is 0 Å². The Bertz CT molecular complexity index is 251. The van der Waals surface area contributed by atoms with Crippen LogP contribution in [0.2, 0.25) is 0 Å². The Hall–Kier alpha value is 0.620. The first-order valence-corrected chi connectivity index (χ1v) is 6.13. The number of rotatable bonds is 2. The molecule has 0 aromatic carbocycles. The molecule has 0 aliphatic carbocycles. The molecule has 0 bridgehead atoms. The fraction of sp³-hybridized carbons (Fsp3) is 0.500. The molecule has 0 aliphatic heterocycles. The summed E-state index contributed by atoms with van der Waals surface area (Å²) >= 11 is 8.59. The molecule has 0 spiro atoms. The third-order valence-corrected chi connectivity index (χ3v) is 5.07. The first-order chi connectivity index (χ1) is 5.52. The molecule has 1 aromatic heterocycles. The predicted molar refractivity (Wildman–Crippen MR) is 61.5 cm³/mol. The molecule has 1 rings (SSSR count). The third-order valence-electron chi connectivity index (χ3n) is 1.71. The highest BCUT2D eigenvalue weighted by Gasteiger charge is 2.14. The van der Waals surface area contributed by atoms with Crippen molar-refractivity contribution in [3.05, 3.63) is 19.2 Å². The summed E-state index contributed by atoms with van der Waals surface area (Å²) < 4.78 is 2.22. The summed E-state index contributed by atoms with van der Waals surface area (Å²) in [6.07, 6.45) is 0. The van der Waals surface area contributed by atoms with Gasteiger partial charge >= 0.3 is 0 Å². The van der Waals surface area contributed by atoms with Crippen LogP contribution in [0.15, 0.2) is 14.3 Å². The molecule has 0 amide bonds. The second-order valence-corrected chi connectivity index (χ2v) is 6.30. The minimum atomic E-state index is 0.151. The van der Waals surface area contributed by atoms with E-state index in [0.717, 1.165) is 8.26 Å². The number of hydrogen-bond donors (Lipinski definition) is 1. The minimum absolute atomic E-state index is 0.151. The van der Waals surface area contributed by atoms with E-state index in [1.54, 1.807) is 11.3 Å². The Balaban J connectivity index is 2.89. The molecular weight excluding hydrogens is 302 g/mol. The van der Waals surface area contributed by atoms with Gasteiger partial charge in [0.1, 0.15) is 0 Å². The van der Waals surface area contributed by atoms with E-state index in [4.69, 9.17) is 5.73 Å². The standard InChI is InChI=1S/C8H11Br2NS/c1-4(2)7(11)6-3-5(9)8(10)12-6/h3-4,7H,11H2,1-2H3. The lowest BCUT2D eigenvalue weighted by Crippen LogP contribution is -2.14. The van der Waals surface area contributed by atoms with Gasteiger partial charge in [-0.25, -0.2) is 0 Å². The highest BCUT2D eigenvalue weighted by Crippen LogP contribution is 2.36. The van der Waals surface area contributed by atoms with Gasteiger partial charge in [-0.1, -0.05) is 13.8 Å². The van der Waals surface area contributed by atoms with E-state index in [9.17, 15) is 0 Å². The maximum atomic E-state index is 5.99. The fourth-order valence-corrected chi connectivity index (χ4v) is 3.12. The number of thiophene rings is 1. The molecule has 68 valence electrons. The highest BCUT2D eigenvalue weighted by molar-refractivity contribution is 9.13. The quantitative estimate of drug-likeness (QED) is 0.879. The number of halogens is 2. The first-order valence-electron chi connectivity index (χ1n) is 3.72. The molecule has 1 unspecified atom stereocenters. The van der Waals surface area contributed by atoms with Crippen molar-refractivity contribution in [1.29, 1.82) is 0 Å². The van der Waals surface area contributed by atoms with Crippen LogP contribution in [0.25, 0.3) is 0 Å². The van der Waals surface area contributed by atoms with E-state index in [2.05, 4.69) is 51.8 Å². The summed E-state index contributed by atoms with van der Waals surface area (Å²) in [7, 11) is 0. The van der Waals surface area contributed by atoms with E-state index in [1.165, 1.54) is 4.88 Å². The Morgan fingerprint density at radius 2 is 2.00 bits per heavy atom. The monoisotopic (exact) mass is 311 g/mol. The van der Waals surface area contributed by atoms with Crippen LogP contribution in [0.5, 0.6) is 0 Å². The van der Waals surface area contributed by atoms with Crippen LogP contribution >= 0.6 is 43.2 Å². The van der Waals surface area contributed by atoms with Crippen molar-refractivity contribution in [3.8, 4) is 0 Å². The predicted octanol–water partition coefficient (Wildman–Crippen LogP) is 3.93. The molecule has 1 atom stereocenters. The zero-order chi connectivity index (χ0) is 9.30. The van der Waals surface area contributed by atoms with E-state index in [1.807, 2.05) is 0 Å². The average Bonchev–Trinajstić information content (AvgIpc) is 2.30. The maximum Gasteiger partial charge on any atom is 0.0843 e. The lowest BCUT2D eigenvalue weighted by atomic mass is 10.0. The van der Waals surface area contributed by atoms with Gasteiger partial charge < -0.3 is 5.73 Å². The van der Waals surface area contributed by atoms with Crippen LogP contribution in [0.1, 0.15) is 24.8 Å². The van der Waals surface area contributed by atoms with Crippen LogP contribution < -0.4 is 5.73 Å². The van der Waals surface area contributed by atoms with Crippen molar-refractivity contribution < 1.29 is 0 Å². The van der Waals surface area contributed by atoms with Crippen molar-refractivity contribution >= 4 is 43.2 Å². The maximum absolute atomic E-state index is 5.99. The number of hydrogen-bond acceptors (Lipinski definition) is 2. The van der Waals surface area contributed by atoms with Crippen LogP contribution in [0.4, 0.5) is 0 Å². The van der Waals surface area contributed by atoms with Gasteiger partial charge in [0.2, 0.25) is 0 Å². The van der Waals surface area contributed by atoms with Gasteiger partial charge in [-0.15, -0.1) is 11.3 Å². The zero-order valence-corrected chi connectivity index (χ0v) is 11.0. The van der Waals surface area contributed by atoms with Gasteiger partial charge in [0, 0.05) is 15.4 Å². The topological polar surface area (TPSA) is 26.0 Å². The molecule has 1 aromatic rings. The normalized spacial score (nSPS) is 13.8. The first kappa shape index (κ1) is 10.7. The summed E-state index contributed by atoms with van der Waals surface area (Å²) in [6, 6.07) is 2.23. The van der Waals surface area contributed by atoms with Crippen LogP contribution in [-0.2, 0) is 0 Å². The molecular formula is C8H11Br2NS. The summed E-state index contributed by atoms with van der Waals surface area (Å²) in [4.78, 5) is 1.23. The van der Waals surface area contributed by atoms with E-state index >= 15 is 0 Å². The molecule has 1 nitrogen and oxygen atoms in total. The molecule has 0 saturated heterocycles. The molecule has 0 aliphatic rings. The van der Waals surface area contributed by atoms with Crippen molar-refractivity contribution in [2.75, 3.05) is 0 Å². The van der Waals surface area contributed by atoms with Crippen molar-refractivity contribution in [2.45, 2.75) is 19.9 Å². The summed E-state index contributed by atoms with van der Waals surface area (Å²) in [5.74, 6) is 0.488. The third kappa shape index (κ3) is 2.31. The van der Waals surface area contributed by atoms with Gasteiger partial charge in [0.25, 0.3) is 0 Å². The largest absolute Gasteiger partial charge is 0.323 e. The summed E-state index contributed by atoms with van der Waals surface area (Å²) in [6.45, 7) is 4.26. The fourth-order valence-electron chi connectivity index (χ4n) is 0.856. The lowest BCUT2D eigenvalue weighted by Gasteiger charge is -2.12. The van der Waals surface area contributed by atoms with Crippen molar-refractivity contribution in [2.24, 2.45) is 11.7 Å². The van der Waals surface area contributed by atoms with Gasteiger partial charge in [0.05, 0.1) is 3.79 Å². The minimum Gasteiger partial charge on any atom is -0.323 e. The van der Waals surface area contributed by atoms with Gasteiger partial charge in [0.15, 0.2) is 0 Å². The van der Waals surface area contributed by atoms with Crippen LogP contribution in [0, 0.1) is 5.92 Å². The van der Waals surface area contributed by atoms with E-state index < -0.39 is 0 Å². The lowest BCUT2D eigenvalue weighted by molar-refractivity contribution is 0.521. The smallest absolute Gasteiger partial charge is 0.0843 e. The summed E-state index contributed by atoms with van der Waals surface area (Å²) in [5, 5.41) is 0. The molecule has 0 fully saturated rings. The van der Waals surface area contributed by atoms with Gasteiger partial charge in [-0.05, 0) is 43.8 Å². The second-order valence-electron chi connectivity index (χ2n) is 3.04. The van der Waals surface area contributed by atoms with E-state index in [-0.39, 0.29) is 6.04 Å². The Morgan fingerprint density at radius 3 is 2.33 bits per heavy atom. The molecule has 1 heterocycles. The SMILES string of the molecule is CC(C)C(N)c1cc(Br)c(Br)s1. The van der Waals surface area contributed by atoms with Crippen molar-refractivity contribution in [3.63, 3.8) is 0 Å². The Morgan fingerprint density at radius 1 is 1.42 bits per heavy atom. The molecule has 0 radical (unpaired) electrons. The zero-order valence-electron chi connectivity index (χ0n) is 6.97. The molecule has 2 N–H and O–H groups in total. The molecule has 4 heteroatoms. The van der Waals surface area contributed by atoms with E-state index in [0.29, 0.717) is 5.92 Å². The Kier molecular flexibility index (Phi) is 3.76. The average molecular weight is 313 g/mol. The van der Waals surface area contributed by atoms with Crippen molar-refractivity contribution in [1.82, 2.24) is 0 Å². The number of nitrogens with two attached hydrogens (primary N) is 1.